The third-order valence-corrected chi connectivity index (χ3v) is 5.25. The minimum atomic E-state index is -3.62. The summed E-state index contributed by atoms with van der Waals surface area (Å²) >= 11 is 0. The number of benzene rings is 2. The molecule has 0 bridgehead atoms. The monoisotopic (exact) mass is 360 g/mol. The summed E-state index contributed by atoms with van der Waals surface area (Å²) in [4.78, 5) is 11.1. The average Bonchev–Trinajstić information content (AvgIpc) is 2.55. The van der Waals surface area contributed by atoms with Gasteiger partial charge in [0.1, 0.15) is 0 Å². The Bertz CT molecular complexity index is 811. The van der Waals surface area contributed by atoms with Crippen molar-refractivity contribution in [3.63, 3.8) is 0 Å². The Kier molecular flexibility index (Phi) is 6.20. The van der Waals surface area contributed by atoms with Crippen molar-refractivity contribution >= 4 is 21.6 Å². The van der Waals surface area contributed by atoms with Crippen LogP contribution >= 0.6 is 0 Å². The molecule has 1 amide bonds. The van der Waals surface area contributed by atoms with Crippen LogP contribution in [0.4, 0.5) is 5.69 Å². The second-order valence-corrected chi connectivity index (χ2v) is 7.94. The number of anilines is 1. The molecule has 2 aromatic rings. The molecule has 0 aromatic heterocycles. The van der Waals surface area contributed by atoms with E-state index in [0.29, 0.717) is 24.6 Å². The Morgan fingerprint density at radius 3 is 2.12 bits per heavy atom. The lowest BCUT2D eigenvalue weighted by Gasteiger charge is -2.11. The van der Waals surface area contributed by atoms with E-state index in [1.165, 1.54) is 6.92 Å². The Hall–Kier alpha value is -2.34. The Morgan fingerprint density at radius 2 is 1.60 bits per heavy atom. The molecule has 0 atom stereocenters. The Balaban J connectivity index is 2.04. The van der Waals surface area contributed by atoms with E-state index >= 15 is 0 Å². The fraction of sp³-hybridized carbons (Fsp3) is 0.316. The Morgan fingerprint density at radius 1 is 1.00 bits per heavy atom. The number of carbonyl (C=O) groups is 1. The van der Waals surface area contributed by atoms with E-state index in [-0.39, 0.29) is 10.8 Å². The van der Waals surface area contributed by atoms with E-state index in [4.69, 9.17) is 0 Å². The van der Waals surface area contributed by atoms with Crippen molar-refractivity contribution < 1.29 is 13.2 Å². The molecular weight excluding hydrogens is 336 g/mol. The molecule has 0 aliphatic carbocycles. The summed E-state index contributed by atoms with van der Waals surface area (Å²) in [6.07, 6.45) is 0.657. The summed E-state index contributed by atoms with van der Waals surface area (Å²) in [5.74, 6) is 0.322. The summed E-state index contributed by atoms with van der Waals surface area (Å²) < 4.78 is 27.5. The lowest BCUT2D eigenvalue weighted by atomic mass is 10.0. The maximum absolute atomic E-state index is 12.5. The van der Waals surface area contributed by atoms with Crippen LogP contribution in [-0.2, 0) is 21.2 Å². The van der Waals surface area contributed by atoms with Gasteiger partial charge in [0.2, 0.25) is 5.91 Å². The molecule has 0 radical (unpaired) electrons. The molecular formula is C19H24N2O3S. The van der Waals surface area contributed by atoms with Crippen LogP contribution in [0.3, 0.4) is 0 Å². The second kappa shape index (κ2) is 8.16. The molecule has 6 heteroatoms. The van der Waals surface area contributed by atoms with Crippen LogP contribution in [0.1, 0.15) is 37.8 Å². The molecule has 2 rings (SSSR count). The van der Waals surface area contributed by atoms with Gasteiger partial charge in [-0.25, -0.2) is 8.42 Å². The number of rotatable bonds is 7. The molecule has 0 spiro atoms. The van der Waals surface area contributed by atoms with E-state index in [9.17, 15) is 13.2 Å². The topological polar surface area (TPSA) is 75.3 Å². The predicted octanol–water partition coefficient (Wildman–Crippen LogP) is 3.29. The van der Waals surface area contributed by atoms with E-state index in [1.807, 2.05) is 12.1 Å². The summed E-state index contributed by atoms with van der Waals surface area (Å²) in [5, 5.41) is 2.71. The van der Waals surface area contributed by atoms with Crippen LogP contribution in [0.5, 0.6) is 0 Å². The number of hydrogen-bond acceptors (Lipinski definition) is 3. The maximum Gasteiger partial charge on any atom is 0.261 e. The molecule has 0 fully saturated rings. The van der Waals surface area contributed by atoms with Crippen molar-refractivity contribution in [2.45, 2.75) is 38.0 Å². The molecule has 0 saturated carbocycles. The minimum absolute atomic E-state index is 0.0770. The van der Waals surface area contributed by atoms with Crippen molar-refractivity contribution in [2.75, 3.05) is 11.3 Å². The molecule has 0 unspecified atom stereocenters. The zero-order chi connectivity index (χ0) is 18.4. The molecule has 2 N–H and O–H groups in total. The third-order valence-electron chi connectivity index (χ3n) is 3.85. The van der Waals surface area contributed by atoms with Crippen LogP contribution in [0.2, 0.25) is 0 Å². The van der Waals surface area contributed by atoms with Crippen molar-refractivity contribution in [2.24, 2.45) is 0 Å². The van der Waals surface area contributed by atoms with Gasteiger partial charge in [0.25, 0.3) is 10.0 Å². The van der Waals surface area contributed by atoms with Crippen molar-refractivity contribution in [3.8, 4) is 0 Å². The highest BCUT2D eigenvalue weighted by Crippen LogP contribution is 2.20. The van der Waals surface area contributed by atoms with Crippen LogP contribution in [-0.4, -0.2) is 20.9 Å². The lowest BCUT2D eigenvalue weighted by Crippen LogP contribution is -2.22. The number of carbonyl (C=O) groups excluding carboxylic acids is 1. The molecule has 0 aliphatic rings. The zero-order valence-electron chi connectivity index (χ0n) is 14.7. The number of nitrogens with one attached hydrogen (secondary N) is 2. The van der Waals surface area contributed by atoms with Gasteiger partial charge in [0.05, 0.1) is 4.90 Å². The highest BCUT2D eigenvalue weighted by atomic mass is 32.2. The van der Waals surface area contributed by atoms with Gasteiger partial charge >= 0.3 is 0 Å². The summed E-state index contributed by atoms with van der Waals surface area (Å²) in [7, 11) is -3.62. The van der Waals surface area contributed by atoms with E-state index < -0.39 is 10.0 Å². The van der Waals surface area contributed by atoms with Gasteiger partial charge < -0.3 is 5.32 Å². The van der Waals surface area contributed by atoms with Crippen LogP contribution in [0, 0.1) is 0 Å². The quantitative estimate of drug-likeness (QED) is 0.795. The lowest BCUT2D eigenvalue weighted by molar-refractivity contribution is -0.118. The van der Waals surface area contributed by atoms with Crippen molar-refractivity contribution in [1.82, 2.24) is 5.32 Å². The summed E-state index contributed by atoms with van der Waals surface area (Å²) in [6.45, 7) is 6.18. The molecule has 0 heterocycles. The molecule has 0 aliphatic heterocycles. The molecule has 2 aromatic carbocycles. The fourth-order valence-corrected chi connectivity index (χ4v) is 3.43. The van der Waals surface area contributed by atoms with Gasteiger partial charge in [0, 0.05) is 19.2 Å². The SMILES string of the molecule is CC(=O)NCCc1ccc(S(=O)(=O)Nc2ccc(C(C)C)cc2)cc1. The predicted molar refractivity (Wildman–Crippen MR) is 100 cm³/mol. The fourth-order valence-electron chi connectivity index (χ4n) is 2.37. The molecule has 0 saturated heterocycles. The summed E-state index contributed by atoms with van der Waals surface area (Å²) in [6, 6.07) is 14.1. The van der Waals surface area contributed by atoms with Crippen LogP contribution < -0.4 is 10.0 Å². The highest BCUT2D eigenvalue weighted by Gasteiger charge is 2.14. The maximum atomic E-state index is 12.5. The first kappa shape index (κ1) is 19.0. The third kappa shape index (κ3) is 5.60. The van der Waals surface area contributed by atoms with E-state index in [1.54, 1.807) is 36.4 Å². The van der Waals surface area contributed by atoms with Gasteiger partial charge in [-0.05, 0) is 47.7 Å². The van der Waals surface area contributed by atoms with Crippen LogP contribution in [0.25, 0.3) is 0 Å². The van der Waals surface area contributed by atoms with Crippen molar-refractivity contribution in [1.29, 1.82) is 0 Å². The molecule has 25 heavy (non-hydrogen) atoms. The zero-order valence-corrected chi connectivity index (χ0v) is 15.6. The minimum Gasteiger partial charge on any atom is -0.356 e. The van der Waals surface area contributed by atoms with Gasteiger partial charge in [-0.2, -0.15) is 0 Å². The number of hydrogen-bond donors (Lipinski definition) is 2. The number of amides is 1. The van der Waals surface area contributed by atoms with Gasteiger partial charge in [-0.3, -0.25) is 9.52 Å². The Labute approximate surface area is 149 Å². The van der Waals surface area contributed by atoms with E-state index in [0.717, 1.165) is 11.1 Å². The second-order valence-electron chi connectivity index (χ2n) is 6.26. The highest BCUT2D eigenvalue weighted by molar-refractivity contribution is 7.92. The van der Waals surface area contributed by atoms with Crippen LogP contribution in [0.15, 0.2) is 53.4 Å². The number of sulfonamides is 1. The smallest absolute Gasteiger partial charge is 0.261 e. The van der Waals surface area contributed by atoms with Crippen molar-refractivity contribution in [3.05, 3.63) is 59.7 Å². The normalized spacial score (nSPS) is 11.4. The first-order chi connectivity index (χ1) is 11.8. The molecule has 5 nitrogen and oxygen atoms in total. The average molecular weight is 360 g/mol. The van der Waals surface area contributed by atoms with Gasteiger partial charge in [0.15, 0.2) is 0 Å². The van der Waals surface area contributed by atoms with Gasteiger partial charge in [-0.15, -0.1) is 0 Å². The first-order valence-electron chi connectivity index (χ1n) is 8.24. The molecule has 134 valence electrons. The van der Waals surface area contributed by atoms with E-state index in [2.05, 4.69) is 23.9 Å². The standard InChI is InChI=1S/C19H24N2O3S/c1-14(2)17-6-8-18(9-7-17)21-25(23,24)19-10-4-16(5-11-19)12-13-20-15(3)22/h4-11,14,21H,12-13H2,1-3H3,(H,20,22). The van der Waals surface area contributed by atoms with Gasteiger partial charge in [-0.1, -0.05) is 38.1 Å². The largest absolute Gasteiger partial charge is 0.356 e. The summed E-state index contributed by atoms with van der Waals surface area (Å²) in [5.41, 5.74) is 2.67. The first-order valence-corrected chi connectivity index (χ1v) is 9.72.